The third kappa shape index (κ3) is 3.73. The Labute approximate surface area is 136 Å². The molecule has 0 aliphatic carbocycles. The summed E-state index contributed by atoms with van der Waals surface area (Å²) in [7, 11) is 0. The number of nitrogens with zero attached hydrogens (tertiary/aromatic N) is 3. The van der Waals surface area contributed by atoms with Gasteiger partial charge in [0.25, 0.3) is 5.91 Å². The minimum atomic E-state index is -4.44. The highest BCUT2D eigenvalue weighted by Gasteiger charge is 2.30. The van der Waals surface area contributed by atoms with Crippen LogP contribution < -0.4 is 10.6 Å². The molecule has 1 atom stereocenters. The highest BCUT2D eigenvalue weighted by Crippen LogP contribution is 2.30. The summed E-state index contributed by atoms with van der Waals surface area (Å²) in [5, 5.41) is 13.5. The molecule has 2 aromatic rings. The Morgan fingerprint density at radius 3 is 2.96 bits per heavy atom. The van der Waals surface area contributed by atoms with Gasteiger partial charge >= 0.3 is 6.18 Å². The topological polar surface area (TPSA) is 71.8 Å². The van der Waals surface area contributed by atoms with Crippen molar-refractivity contribution in [1.29, 1.82) is 0 Å². The molecule has 2 N–H and O–H groups in total. The van der Waals surface area contributed by atoms with Crippen molar-refractivity contribution in [3.05, 3.63) is 41.7 Å². The minimum Gasteiger partial charge on any atom is -0.349 e. The lowest BCUT2D eigenvalue weighted by Crippen LogP contribution is -2.37. The van der Waals surface area contributed by atoms with Gasteiger partial charge in [0.15, 0.2) is 5.69 Å². The Bertz CT molecular complexity index is 722. The quantitative estimate of drug-likeness (QED) is 0.891. The van der Waals surface area contributed by atoms with E-state index in [-0.39, 0.29) is 17.4 Å². The summed E-state index contributed by atoms with van der Waals surface area (Å²) in [4.78, 5) is 12.0. The number of hydrogen-bond donors (Lipinski definition) is 2. The van der Waals surface area contributed by atoms with Crippen LogP contribution in [0.15, 0.2) is 30.5 Å². The second-order valence-corrected chi connectivity index (χ2v) is 5.60. The third-order valence-corrected chi connectivity index (χ3v) is 3.84. The average Bonchev–Trinajstić information content (AvgIpc) is 3.23. The van der Waals surface area contributed by atoms with E-state index in [0.29, 0.717) is 6.54 Å². The van der Waals surface area contributed by atoms with Crippen LogP contribution in [-0.4, -0.2) is 40.0 Å². The number of halogens is 3. The Kier molecular flexibility index (Phi) is 4.52. The molecule has 1 aliphatic rings. The Hall–Kier alpha value is -2.42. The van der Waals surface area contributed by atoms with Crippen molar-refractivity contribution in [1.82, 2.24) is 25.6 Å². The van der Waals surface area contributed by atoms with Crippen LogP contribution in [0.5, 0.6) is 0 Å². The number of benzene rings is 1. The van der Waals surface area contributed by atoms with Gasteiger partial charge in [0, 0.05) is 12.6 Å². The number of aromatic nitrogens is 3. The monoisotopic (exact) mass is 339 g/mol. The van der Waals surface area contributed by atoms with Crippen LogP contribution >= 0.6 is 0 Å². The zero-order valence-electron chi connectivity index (χ0n) is 12.7. The van der Waals surface area contributed by atoms with E-state index in [9.17, 15) is 18.0 Å². The van der Waals surface area contributed by atoms with Gasteiger partial charge in [-0.3, -0.25) is 4.79 Å². The minimum absolute atomic E-state index is 0.0606. The van der Waals surface area contributed by atoms with Crippen molar-refractivity contribution in [3.8, 4) is 5.69 Å². The smallest absolute Gasteiger partial charge is 0.349 e. The van der Waals surface area contributed by atoms with E-state index in [0.717, 1.165) is 36.2 Å². The van der Waals surface area contributed by atoms with Gasteiger partial charge in [0.2, 0.25) is 0 Å². The number of alkyl halides is 3. The molecule has 3 rings (SSSR count). The molecule has 1 unspecified atom stereocenters. The SMILES string of the molecule is O=C(NCC1CCCN1)c1cn(-c2cccc(C(F)(F)F)c2)nn1. The normalized spacial score (nSPS) is 17.9. The zero-order valence-corrected chi connectivity index (χ0v) is 12.7. The van der Waals surface area contributed by atoms with E-state index in [2.05, 4.69) is 20.9 Å². The second-order valence-electron chi connectivity index (χ2n) is 5.60. The van der Waals surface area contributed by atoms with Crippen LogP contribution in [0.3, 0.4) is 0 Å². The lowest BCUT2D eigenvalue weighted by atomic mass is 10.2. The molecule has 24 heavy (non-hydrogen) atoms. The highest BCUT2D eigenvalue weighted by atomic mass is 19.4. The fourth-order valence-electron chi connectivity index (χ4n) is 2.56. The van der Waals surface area contributed by atoms with Gasteiger partial charge in [-0.25, -0.2) is 4.68 Å². The van der Waals surface area contributed by atoms with E-state index in [1.807, 2.05) is 0 Å². The maximum Gasteiger partial charge on any atom is 0.416 e. The first-order valence-corrected chi connectivity index (χ1v) is 7.55. The van der Waals surface area contributed by atoms with Gasteiger partial charge < -0.3 is 10.6 Å². The summed E-state index contributed by atoms with van der Waals surface area (Å²) in [6.07, 6.45) is -1.05. The van der Waals surface area contributed by atoms with Crippen molar-refractivity contribution in [3.63, 3.8) is 0 Å². The van der Waals surface area contributed by atoms with Gasteiger partial charge in [-0.2, -0.15) is 13.2 Å². The molecule has 9 heteroatoms. The molecule has 1 aromatic heterocycles. The first-order valence-electron chi connectivity index (χ1n) is 7.55. The molecule has 1 fully saturated rings. The Morgan fingerprint density at radius 1 is 1.42 bits per heavy atom. The fraction of sp³-hybridized carbons (Fsp3) is 0.400. The van der Waals surface area contributed by atoms with Crippen molar-refractivity contribution >= 4 is 5.91 Å². The first-order chi connectivity index (χ1) is 11.4. The van der Waals surface area contributed by atoms with Crippen molar-refractivity contribution in [2.24, 2.45) is 0 Å². The number of carbonyl (C=O) groups excluding carboxylic acids is 1. The summed E-state index contributed by atoms with van der Waals surface area (Å²) < 4.78 is 39.4. The first kappa shape index (κ1) is 16.4. The molecule has 0 spiro atoms. The predicted molar refractivity (Wildman–Crippen MR) is 79.7 cm³/mol. The number of carbonyl (C=O) groups is 1. The van der Waals surface area contributed by atoms with Crippen LogP contribution in [0.1, 0.15) is 28.9 Å². The van der Waals surface area contributed by atoms with E-state index in [1.54, 1.807) is 0 Å². The predicted octanol–water partition coefficient (Wildman–Crippen LogP) is 1.77. The molecular formula is C15H16F3N5O. The van der Waals surface area contributed by atoms with Crippen LogP contribution in [-0.2, 0) is 6.18 Å². The molecule has 128 valence electrons. The molecule has 1 amide bonds. The lowest BCUT2D eigenvalue weighted by molar-refractivity contribution is -0.137. The van der Waals surface area contributed by atoms with Gasteiger partial charge in [0.05, 0.1) is 17.4 Å². The van der Waals surface area contributed by atoms with Crippen molar-refractivity contribution in [2.75, 3.05) is 13.1 Å². The molecular weight excluding hydrogens is 323 g/mol. The molecule has 1 aromatic carbocycles. The third-order valence-electron chi connectivity index (χ3n) is 3.84. The van der Waals surface area contributed by atoms with Crippen LogP contribution in [0.4, 0.5) is 13.2 Å². The van der Waals surface area contributed by atoms with Crippen molar-refractivity contribution < 1.29 is 18.0 Å². The standard InChI is InChI=1S/C15H16F3N5O/c16-15(17,18)10-3-1-5-12(7-10)23-9-13(21-22-23)14(24)20-8-11-4-2-6-19-11/h1,3,5,7,9,11,19H,2,4,6,8H2,(H,20,24). The van der Waals surface area contributed by atoms with Crippen LogP contribution in [0.25, 0.3) is 5.69 Å². The number of amides is 1. The zero-order chi connectivity index (χ0) is 17.2. The number of hydrogen-bond acceptors (Lipinski definition) is 4. The van der Waals surface area contributed by atoms with Crippen LogP contribution in [0, 0.1) is 0 Å². The van der Waals surface area contributed by atoms with Crippen molar-refractivity contribution in [2.45, 2.75) is 25.1 Å². The number of rotatable bonds is 4. The van der Waals surface area contributed by atoms with Gasteiger partial charge in [-0.15, -0.1) is 5.10 Å². The summed E-state index contributed by atoms with van der Waals surface area (Å²) in [5.41, 5.74) is -0.534. The Morgan fingerprint density at radius 2 is 2.25 bits per heavy atom. The fourth-order valence-corrected chi connectivity index (χ4v) is 2.56. The molecule has 0 radical (unpaired) electrons. The van der Waals surface area contributed by atoms with Gasteiger partial charge in [-0.1, -0.05) is 11.3 Å². The van der Waals surface area contributed by atoms with Gasteiger partial charge in [-0.05, 0) is 37.6 Å². The van der Waals surface area contributed by atoms with E-state index in [4.69, 9.17) is 0 Å². The lowest BCUT2D eigenvalue weighted by Gasteiger charge is -2.10. The largest absolute Gasteiger partial charge is 0.416 e. The summed E-state index contributed by atoms with van der Waals surface area (Å²) in [6.45, 7) is 1.42. The molecule has 0 bridgehead atoms. The maximum atomic E-state index is 12.7. The second kappa shape index (κ2) is 6.60. The molecule has 2 heterocycles. The average molecular weight is 339 g/mol. The summed E-state index contributed by atoms with van der Waals surface area (Å²) >= 11 is 0. The molecule has 6 nitrogen and oxygen atoms in total. The van der Waals surface area contributed by atoms with Crippen LogP contribution in [0.2, 0.25) is 0 Å². The van der Waals surface area contributed by atoms with E-state index >= 15 is 0 Å². The van der Waals surface area contributed by atoms with Gasteiger partial charge in [0.1, 0.15) is 0 Å². The number of nitrogens with one attached hydrogen (secondary N) is 2. The van der Waals surface area contributed by atoms with E-state index < -0.39 is 17.6 Å². The molecule has 0 saturated carbocycles. The van der Waals surface area contributed by atoms with E-state index in [1.165, 1.54) is 18.3 Å². The maximum absolute atomic E-state index is 12.7. The summed E-state index contributed by atoms with van der Waals surface area (Å²) in [5.74, 6) is -0.401. The molecule has 1 saturated heterocycles. The molecule has 1 aliphatic heterocycles. The summed E-state index contributed by atoms with van der Waals surface area (Å²) in [6, 6.07) is 4.92. The Balaban J connectivity index is 1.69. The highest BCUT2D eigenvalue weighted by molar-refractivity contribution is 5.91.